The standard InChI is InChI=1S/C23H31F3N4O2S/c1-14(2)13-30(17-7-5-4-6-8-17)19-10-9-16(15(3)11-20(31)32)12-18(19)27-22-28-21(29-33-22)23(24,25)26/h9-10,12,14-15,17H,4-8,11,13H2,1-3H3,(H,31,32)(H,27,28,29). The van der Waals surface area contributed by atoms with Crippen molar-refractivity contribution >= 4 is 34.0 Å². The first kappa shape index (κ1) is 25.3. The Hall–Kier alpha value is -2.36. The number of aliphatic carboxylic acids is 1. The third kappa shape index (κ3) is 6.82. The van der Waals surface area contributed by atoms with Crippen LogP contribution in [0, 0.1) is 5.92 Å². The number of carboxylic acid groups (broad SMARTS) is 1. The van der Waals surface area contributed by atoms with E-state index in [2.05, 4.69) is 33.4 Å². The second-order valence-corrected chi connectivity index (χ2v) is 9.91. The molecule has 10 heteroatoms. The molecule has 0 saturated heterocycles. The van der Waals surface area contributed by atoms with Crippen LogP contribution in [0.25, 0.3) is 0 Å². The van der Waals surface area contributed by atoms with Crippen LogP contribution >= 0.6 is 11.5 Å². The first-order valence-electron chi connectivity index (χ1n) is 11.3. The molecule has 1 aliphatic carbocycles. The number of anilines is 3. The minimum atomic E-state index is -4.61. The minimum Gasteiger partial charge on any atom is -0.481 e. The van der Waals surface area contributed by atoms with E-state index in [9.17, 15) is 23.1 Å². The molecule has 2 N–H and O–H groups in total. The van der Waals surface area contributed by atoms with E-state index >= 15 is 0 Å². The number of halogens is 3. The largest absolute Gasteiger partial charge is 0.481 e. The summed E-state index contributed by atoms with van der Waals surface area (Å²) in [6, 6.07) is 6.07. The molecule has 0 aliphatic heterocycles. The van der Waals surface area contributed by atoms with Gasteiger partial charge in [0.15, 0.2) is 0 Å². The number of rotatable bonds is 9. The summed E-state index contributed by atoms with van der Waals surface area (Å²) in [6.07, 6.45) is 1.02. The summed E-state index contributed by atoms with van der Waals surface area (Å²) in [7, 11) is 0. The predicted molar refractivity (Wildman–Crippen MR) is 124 cm³/mol. The van der Waals surface area contributed by atoms with E-state index in [-0.39, 0.29) is 17.5 Å². The first-order chi connectivity index (χ1) is 15.5. The molecule has 1 aromatic heterocycles. The summed E-state index contributed by atoms with van der Waals surface area (Å²) >= 11 is 0.661. The fraction of sp³-hybridized carbons (Fsp3) is 0.609. The molecule has 1 aliphatic rings. The van der Waals surface area contributed by atoms with Crippen LogP contribution in [-0.2, 0) is 11.0 Å². The summed E-state index contributed by atoms with van der Waals surface area (Å²) < 4.78 is 42.5. The highest BCUT2D eigenvalue weighted by Gasteiger charge is 2.36. The third-order valence-corrected chi connectivity index (χ3v) is 6.51. The zero-order chi connectivity index (χ0) is 24.2. The van der Waals surface area contributed by atoms with Crippen molar-refractivity contribution in [3.05, 3.63) is 29.6 Å². The number of nitrogens with one attached hydrogen (secondary N) is 1. The van der Waals surface area contributed by atoms with Gasteiger partial charge in [-0.1, -0.05) is 46.1 Å². The topological polar surface area (TPSA) is 78.4 Å². The highest BCUT2D eigenvalue weighted by Crippen LogP contribution is 2.38. The van der Waals surface area contributed by atoms with Crippen LogP contribution in [0.15, 0.2) is 18.2 Å². The van der Waals surface area contributed by atoms with E-state index in [0.29, 0.717) is 29.2 Å². The van der Waals surface area contributed by atoms with Crippen molar-refractivity contribution in [3.63, 3.8) is 0 Å². The van der Waals surface area contributed by atoms with Gasteiger partial charge in [-0.25, -0.2) is 0 Å². The molecular formula is C23H31F3N4O2S. The fourth-order valence-corrected chi connectivity index (χ4v) is 4.93. The maximum absolute atomic E-state index is 13.0. The van der Waals surface area contributed by atoms with Gasteiger partial charge in [0.2, 0.25) is 11.0 Å². The van der Waals surface area contributed by atoms with Gasteiger partial charge < -0.3 is 15.3 Å². The first-order valence-corrected chi connectivity index (χ1v) is 12.1. The van der Waals surface area contributed by atoms with Crippen molar-refractivity contribution in [3.8, 4) is 0 Å². The number of hydrogen-bond donors (Lipinski definition) is 2. The number of carbonyl (C=O) groups is 1. The molecule has 3 rings (SSSR count). The SMILES string of the molecule is CC(C)CN(c1ccc(C(C)CC(=O)O)cc1Nc1nc(C(F)(F)F)ns1)C1CCCCC1. The van der Waals surface area contributed by atoms with Crippen LogP contribution in [0.4, 0.5) is 29.7 Å². The summed E-state index contributed by atoms with van der Waals surface area (Å²) in [4.78, 5) is 17.2. The molecule has 1 aromatic carbocycles. The molecule has 0 bridgehead atoms. The summed E-state index contributed by atoms with van der Waals surface area (Å²) in [5.41, 5.74) is 2.32. The minimum absolute atomic E-state index is 0.0336. The van der Waals surface area contributed by atoms with Gasteiger partial charge in [0, 0.05) is 24.1 Å². The van der Waals surface area contributed by atoms with E-state index in [1.54, 1.807) is 0 Å². The van der Waals surface area contributed by atoms with Gasteiger partial charge in [-0.05, 0) is 42.4 Å². The van der Waals surface area contributed by atoms with Crippen LogP contribution < -0.4 is 10.2 Å². The molecule has 33 heavy (non-hydrogen) atoms. The van der Waals surface area contributed by atoms with Gasteiger partial charge in [-0.3, -0.25) is 4.79 Å². The second kappa shape index (κ2) is 10.7. The normalized spacial score (nSPS) is 16.1. The van der Waals surface area contributed by atoms with Crippen molar-refractivity contribution in [2.24, 2.45) is 5.92 Å². The Bertz CT molecular complexity index is 942. The molecular weight excluding hydrogens is 453 g/mol. The Morgan fingerprint density at radius 3 is 2.52 bits per heavy atom. The lowest BCUT2D eigenvalue weighted by molar-refractivity contribution is -0.144. The average molecular weight is 485 g/mol. The van der Waals surface area contributed by atoms with E-state index in [1.165, 1.54) is 6.42 Å². The average Bonchev–Trinajstić information content (AvgIpc) is 3.21. The number of carboxylic acids is 1. The number of nitrogens with zero attached hydrogens (tertiary/aromatic N) is 3. The summed E-state index contributed by atoms with van der Waals surface area (Å²) in [6.45, 7) is 6.93. The van der Waals surface area contributed by atoms with Crippen molar-refractivity contribution in [2.45, 2.75) is 77.4 Å². The van der Waals surface area contributed by atoms with Crippen LogP contribution in [0.1, 0.15) is 76.6 Å². The number of benzene rings is 1. The molecule has 2 aromatic rings. The lowest BCUT2D eigenvalue weighted by atomic mass is 9.92. The van der Waals surface area contributed by atoms with Crippen molar-refractivity contribution in [1.29, 1.82) is 0 Å². The van der Waals surface area contributed by atoms with Crippen molar-refractivity contribution in [2.75, 3.05) is 16.8 Å². The molecule has 1 heterocycles. The molecule has 0 radical (unpaired) electrons. The monoisotopic (exact) mass is 484 g/mol. The Morgan fingerprint density at radius 2 is 1.94 bits per heavy atom. The lowest BCUT2D eigenvalue weighted by Gasteiger charge is -2.38. The molecule has 6 nitrogen and oxygen atoms in total. The van der Waals surface area contributed by atoms with Crippen LogP contribution in [0.5, 0.6) is 0 Å². The molecule has 182 valence electrons. The zero-order valence-corrected chi connectivity index (χ0v) is 20.0. The van der Waals surface area contributed by atoms with Gasteiger partial charge in [0.05, 0.1) is 17.8 Å². The quantitative estimate of drug-likeness (QED) is 0.414. The van der Waals surface area contributed by atoms with Gasteiger partial charge in [0.1, 0.15) is 0 Å². The Morgan fingerprint density at radius 1 is 1.24 bits per heavy atom. The Balaban J connectivity index is 2.01. The molecule has 1 fully saturated rings. The van der Waals surface area contributed by atoms with E-state index in [1.807, 2.05) is 25.1 Å². The molecule has 0 amide bonds. The van der Waals surface area contributed by atoms with Crippen molar-refractivity contribution in [1.82, 2.24) is 9.36 Å². The maximum atomic E-state index is 13.0. The predicted octanol–water partition coefficient (Wildman–Crippen LogP) is 6.67. The van der Waals surface area contributed by atoms with E-state index < -0.39 is 18.0 Å². The van der Waals surface area contributed by atoms with Crippen LogP contribution in [0.3, 0.4) is 0 Å². The number of aromatic nitrogens is 2. The van der Waals surface area contributed by atoms with Crippen molar-refractivity contribution < 1.29 is 23.1 Å². The smallest absolute Gasteiger partial charge is 0.452 e. The highest BCUT2D eigenvalue weighted by molar-refractivity contribution is 7.09. The number of alkyl halides is 3. The van der Waals surface area contributed by atoms with Gasteiger partial charge >= 0.3 is 12.1 Å². The Labute approximate surface area is 196 Å². The fourth-order valence-electron chi connectivity index (χ4n) is 4.33. The molecule has 0 spiro atoms. The van der Waals surface area contributed by atoms with Gasteiger partial charge in [0.25, 0.3) is 0 Å². The molecule has 1 atom stereocenters. The van der Waals surface area contributed by atoms with E-state index in [0.717, 1.165) is 43.5 Å². The summed E-state index contributed by atoms with van der Waals surface area (Å²) in [5, 5.41) is 12.3. The van der Waals surface area contributed by atoms with Gasteiger partial charge in [-0.2, -0.15) is 22.5 Å². The van der Waals surface area contributed by atoms with Crippen LogP contribution in [0.2, 0.25) is 0 Å². The maximum Gasteiger partial charge on any atom is 0.452 e. The highest BCUT2D eigenvalue weighted by atomic mass is 32.1. The van der Waals surface area contributed by atoms with Gasteiger partial charge in [-0.15, -0.1) is 0 Å². The second-order valence-electron chi connectivity index (χ2n) is 9.16. The third-order valence-electron chi connectivity index (χ3n) is 5.88. The van der Waals surface area contributed by atoms with E-state index in [4.69, 9.17) is 0 Å². The molecule has 1 unspecified atom stereocenters. The summed E-state index contributed by atoms with van der Waals surface area (Å²) in [5.74, 6) is -1.92. The Kier molecular flexibility index (Phi) is 8.20. The number of hydrogen-bond acceptors (Lipinski definition) is 6. The molecule has 1 saturated carbocycles. The zero-order valence-electron chi connectivity index (χ0n) is 19.2. The van der Waals surface area contributed by atoms with Crippen LogP contribution in [-0.4, -0.2) is 33.0 Å². The lowest BCUT2D eigenvalue weighted by Crippen LogP contribution is -2.39.